The minimum Gasteiger partial charge on any atom is -0.325 e. The number of thiophene rings is 1. The molecule has 132 valence electrons. The van der Waals surface area contributed by atoms with Gasteiger partial charge in [0, 0.05) is 15.3 Å². The Morgan fingerprint density at radius 1 is 1.00 bits per heavy atom. The van der Waals surface area contributed by atoms with Crippen molar-refractivity contribution in [1.82, 2.24) is 5.32 Å². The number of hydrogen-bond acceptors (Lipinski definition) is 2. The summed E-state index contributed by atoms with van der Waals surface area (Å²) in [5.74, 6) is -0.716. The molecule has 0 radical (unpaired) electrons. The summed E-state index contributed by atoms with van der Waals surface area (Å²) in [4.78, 5) is 13.5. The number of rotatable bonds is 3. The molecule has 26 heavy (non-hydrogen) atoms. The number of hydrogen-bond donors (Lipinski definition) is 1. The van der Waals surface area contributed by atoms with Gasteiger partial charge in [0.25, 0.3) is 5.91 Å². The first-order valence-electron chi connectivity index (χ1n) is 8.12. The number of carbonyl (C=O) groups is 1. The van der Waals surface area contributed by atoms with Crippen molar-refractivity contribution in [2.45, 2.75) is 19.0 Å². The number of allylic oxidation sites excluding steroid dienone is 2. The highest BCUT2D eigenvalue weighted by Crippen LogP contribution is 2.40. The van der Waals surface area contributed by atoms with Crippen LogP contribution in [-0.4, -0.2) is 5.91 Å². The van der Waals surface area contributed by atoms with Crippen LogP contribution in [-0.2, 0) is 6.18 Å². The van der Waals surface area contributed by atoms with Gasteiger partial charge in [-0.3, -0.25) is 4.79 Å². The van der Waals surface area contributed by atoms with Crippen LogP contribution in [0, 0.1) is 0 Å². The minimum absolute atomic E-state index is 0.352. The molecule has 4 rings (SSSR count). The number of alkyl halides is 3. The molecule has 0 atom stereocenters. The Morgan fingerprint density at radius 2 is 1.73 bits per heavy atom. The van der Waals surface area contributed by atoms with Crippen molar-refractivity contribution in [2.75, 3.05) is 0 Å². The monoisotopic (exact) mass is 373 g/mol. The van der Waals surface area contributed by atoms with E-state index < -0.39 is 17.6 Å². The van der Waals surface area contributed by atoms with Crippen molar-refractivity contribution >= 4 is 32.9 Å². The molecule has 2 aromatic carbocycles. The number of carbonyl (C=O) groups excluding carboxylic acids is 1. The molecule has 0 saturated heterocycles. The van der Waals surface area contributed by atoms with Crippen molar-refractivity contribution in [3.8, 4) is 0 Å². The number of fused-ring (bicyclic) bond motifs is 1. The van der Waals surface area contributed by atoms with E-state index in [2.05, 4.69) is 11.4 Å². The topological polar surface area (TPSA) is 29.1 Å². The third kappa shape index (κ3) is 3.01. The van der Waals surface area contributed by atoms with Crippen molar-refractivity contribution in [3.63, 3.8) is 0 Å². The number of benzene rings is 2. The highest BCUT2D eigenvalue weighted by atomic mass is 32.1. The predicted molar refractivity (Wildman–Crippen MR) is 96.9 cm³/mol. The fourth-order valence-electron chi connectivity index (χ4n) is 3.05. The fraction of sp³-hybridized carbons (Fsp3) is 0.150. The van der Waals surface area contributed by atoms with E-state index in [4.69, 9.17) is 0 Å². The number of halogens is 3. The summed E-state index contributed by atoms with van der Waals surface area (Å²) < 4.78 is 40.5. The Hall–Kier alpha value is -2.60. The van der Waals surface area contributed by atoms with Crippen LogP contribution in [0.2, 0.25) is 0 Å². The van der Waals surface area contributed by atoms with E-state index in [1.807, 2.05) is 24.3 Å². The first-order chi connectivity index (χ1) is 12.4. The SMILES string of the molecule is O=C(NC1=C(c2cc3ccccc3s2)CC1)c1ccccc1C(F)(F)F. The molecule has 3 aromatic rings. The molecule has 0 unspecified atom stereocenters. The van der Waals surface area contributed by atoms with Crippen LogP contribution in [0.4, 0.5) is 13.2 Å². The van der Waals surface area contributed by atoms with E-state index in [9.17, 15) is 18.0 Å². The first-order valence-corrected chi connectivity index (χ1v) is 8.93. The standard InChI is InChI=1S/C20H14F3NOS/c21-20(22,23)15-7-3-2-6-13(15)19(25)24-16-10-9-14(16)18-11-12-5-1-4-8-17(12)26-18/h1-8,11H,9-10H2,(H,24,25). The molecule has 0 saturated carbocycles. The van der Waals surface area contributed by atoms with Crippen LogP contribution in [0.25, 0.3) is 15.7 Å². The molecule has 1 amide bonds. The van der Waals surface area contributed by atoms with Crippen LogP contribution >= 0.6 is 11.3 Å². The Balaban J connectivity index is 1.63. The number of nitrogens with one attached hydrogen (secondary N) is 1. The summed E-state index contributed by atoms with van der Waals surface area (Å²) in [6.07, 6.45) is -3.09. The van der Waals surface area contributed by atoms with Crippen molar-refractivity contribution in [1.29, 1.82) is 0 Å². The van der Waals surface area contributed by atoms with Crippen LogP contribution in [0.3, 0.4) is 0 Å². The molecule has 1 heterocycles. The second-order valence-corrected chi connectivity index (χ2v) is 7.19. The van der Waals surface area contributed by atoms with Gasteiger partial charge in [0.1, 0.15) is 0 Å². The van der Waals surface area contributed by atoms with Gasteiger partial charge < -0.3 is 5.32 Å². The largest absolute Gasteiger partial charge is 0.417 e. The van der Waals surface area contributed by atoms with Crippen LogP contribution < -0.4 is 5.32 Å². The van der Waals surface area contributed by atoms with E-state index in [1.54, 1.807) is 11.3 Å². The highest BCUT2D eigenvalue weighted by molar-refractivity contribution is 7.20. The molecule has 1 aromatic heterocycles. The molecule has 1 aliphatic carbocycles. The van der Waals surface area contributed by atoms with Crippen molar-refractivity contribution in [2.24, 2.45) is 0 Å². The van der Waals surface area contributed by atoms with Crippen LogP contribution in [0.5, 0.6) is 0 Å². The lowest BCUT2D eigenvalue weighted by molar-refractivity contribution is -0.137. The van der Waals surface area contributed by atoms with Gasteiger partial charge in [0.2, 0.25) is 0 Å². The molecular weight excluding hydrogens is 359 g/mol. The molecule has 0 aliphatic heterocycles. The Kier molecular flexibility index (Phi) is 4.07. The molecule has 1 aliphatic rings. The average Bonchev–Trinajstić information content (AvgIpc) is 3.00. The Morgan fingerprint density at radius 3 is 2.42 bits per heavy atom. The third-order valence-electron chi connectivity index (χ3n) is 4.45. The highest BCUT2D eigenvalue weighted by Gasteiger charge is 2.35. The van der Waals surface area contributed by atoms with Crippen LogP contribution in [0.1, 0.15) is 33.6 Å². The second-order valence-electron chi connectivity index (χ2n) is 6.10. The average molecular weight is 373 g/mol. The minimum atomic E-state index is -4.56. The summed E-state index contributed by atoms with van der Waals surface area (Å²) in [6.45, 7) is 0. The molecular formula is C20H14F3NOS. The van der Waals surface area contributed by atoms with Crippen molar-refractivity contribution < 1.29 is 18.0 Å². The van der Waals surface area contributed by atoms with E-state index in [-0.39, 0.29) is 5.56 Å². The van der Waals surface area contributed by atoms with Gasteiger partial charge in [-0.05, 0) is 48.1 Å². The maximum Gasteiger partial charge on any atom is 0.417 e. The first kappa shape index (κ1) is 16.8. The summed E-state index contributed by atoms with van der Waals surface area (Å²) in [6, 6.07) is 14.9. The van der Waals surface area contributed by atoms with Gasteiger partial charge in [0.05, 0.1) is 11.1 Å². The zero-order chi connectivity index (χ0) is 18.3. The lowest BCUT2D eigenvalue weighted by Crippen LogP contribution is -2.29. The van der Waals surface area contributed by atoms with E-state index >= 15 is 0 Å². The zero-order valence-electron chi connectivity index (χ0n) is 13.6. The Labute approximate surface area is 152 Å². The van der Waals surface area contributed by atoms with Gasteiger partial charge >= 0.3 is 6.18 Å². The molecule has 0 bridgehead atoms. The fourth-order valence-corrected chi connectivity index (χ4v) is 4.21. The van der Waals surface area contributed by atoms with Crippen LogP contribution in [0.15, 0.2) is 60.3 Å². The summed E-state index contributed by atoms with van der Waals surface area (Å²) >= 11 is 1.63. The van der Waals surface area contributed by atoms with E-state index in [1.165, 1.54) is 18.2 Å². The predicted octanol–water partition coefficient (Wildman–Crippen LogP) is 5.86. The molecule has 1 N–H and O–H groups in total. The van der Waals surface area contributed by atoms with Gasteiger partial charge in [-0.1, -0.05) is 30.3 Å². The summed E-state index contributed by atoms with van der Waals surface area (Å²) in [7, 11) is 0. The third-order valence-corrected chi connectivity index (χ3v) is 5.63. The van der Waals surface area contributed by atoms with Gasteiger partial charge in [-0.25, -0.2) is 0 Å². The normalized spacial score (nSPS) is 14.4. The molecule has 6 heteroatoms. The quantitative estimate of drug-likeness (QED) is 0.613. The lowest BCUT2D eigenvalue weighted by Gasteiger charge is -2.24. The van der Waals surface area contributed by atoms with Crippen molar-refractivity contribution in [3.05, 3.63) is 76.3 Å². The van der Waals surface area contributed by atoms with E-state index in [0.29, 0.717) is 12.1 Å². The van der Waals surface area contributed by atoms with Gasteiger partial charge in [0.15, 0.2) is 0 Å². The van der Waals surface area contributed by atoms with Gasteiger partial charge in [-0.15, -0.1) is 11.3 Å². The van der Waals surface area contributed by atoms with Gasteiger partial charge in [-0.2, -0.15) is 13.2 Å². The van der Waals surface area contributed by atoms with E-state index in [0.717, 1.165) is 33.0 Å². The molecule has 0 fully saturated rings. The summed E-state index contributed by atoms with van der Waals surface area (Å²) in [5.41, 5.74) is 0.443. The Bertz CT molecular complexity index is 1000. The molecule has 0 spiro atoms. The molecule has 2 nitrogen and oxygen atoms in total. The summed E-state index contributed by atoms with van der Waals surface area (Å²) in [5, 5.41) is 3.81. The lowest BCUT2D eigenvalue weighted by atomic mass is 9.92. The maximum absolute atomic E-state index is 13.1. The zero-order valence-corrected chi connectivity index (χ0v) is 14.4. The maximum atomic E-state index is 13.1. The smallest absolute Gasteiger partial charge is 0.325 e. The number of amides is 1. The second kappa shape index (κ2) is 6.29.